The lowest BCUT2D eigenvalue weighted by Crippen LogP contribution is -2.49. The molecule has 0 aliphatic carbocycles. The second-order valence-electron chi connectivity index (χ2n) is 6.69. The van der Waals surface area contributed by atoms with Crippen molar-refractivity contribution in [1.29, 1.82) is 0 Å². The number of carbonyl (C=O) groups excluding carboxylic acids is 1. The lowest BCUT2D eigenvalue weighted by atomic mass is 10.1. The monoisotopic (exact) mass is 341 g/mol. The van der Waals surface area contributed by atoms with Gasteiger partial charge in [0, 0.05) is 39.1 Å². The maximum Gasteiger partial charge on any atom is 0.247 e. The maximum absolute atomic E-state index is 12.6. The SMILES string of the molecule is C[C@@H](C(=O)N1CCN(Cc2ccc3c(c2)CCO3)CC1)n1cncn1. The number of hydrogen-bond acceptors (Lipinski definition) is 5. The van der Waals surface area contributed by atoms with Crippen LogP contribution in [0.4, 0.5) is 0 Å². The van der Waals surface area contributed by atoms with Crippen molar-refractivity contribution in [2.45, 2.75) is 25.9 Å². The van der Waals surface area contributed by atoms with Crippen molar-refractivity contribution in [2.24, 2.45) is 0 Å². The van der Waals surface area contributed by atoms with E-state index in [0.717, 1.165) is 51.5 Å². The molecule has 4 rings (SSSR count). The standard InChI is InChI=1S/C18H23N5O2/c1-14(23-13-19-12-20-23)18(24)22-7-5-21(6-8-22)11-15-2-3-17-16(10-15)4-9-25-17/h2-3,10,12-14H,4-9,11H2,1H3/t14-/m0/s1. The van der Waals surface area contributed by atoms with Crippen LogP contribution in [-0.4, -0.2) is 63.3 Å². The number of fused-ring (bicyclic) bond motifs is 1. The van der Waals surface area contributed by atoms with Crippen LogP contribution in [0.2, 0.25) is 0 Å². The molecule has 0 saturated carbocycles. The molecule has 25 heavy (non-hydrogen) atoms. The van der Waals surface area contributed by atoms with Crippen molar-refractivity contribution >= 4 is 5.91 Å². The number of benzene rings is 1. The molecule has 7 nitrogen and oxygen atoms in total. The molecule has 1 aromatic heterocycles. The van der Waals surface area contributed by atoms with Crippen molar-refractivity contribution in [3.8, 4) is 5.75 Å². The van der Waals surface area contributed by atoms with Gasteiger partial charge in [0.05, 0.1) is 6.61 Å². The first-order chi connectivity index (χ1) is 12.2. The van der Waals surface area contributed by atoms with Gasteiger partial charge >= 0.3 is 0 Å². The Morgan fingerprint density at radius 2 is 2.12 bits per heavy atom. The zero-order valence-electron chi connectivity index (χ0n) is 14.5. The molecule has 2 aromatic rings. The highest BCUT2D eigenvalue weighted by atomic mass is 16.5. The zero-order chi connectivity index (χ0) is 17.2. The second kappa shape index (κ2) is 6.84. The highest BCUT2D eigenvalue weighted by Gasteiger charge is 2.26. The first kappa shape index (κ1) is 16.1. The topological polar surface area (TPSA) is 63.5 Å². The summed E-state index contributed by atoms with van der Waals surface area (Å²) in [4.78, 5) is 20.8. The Balaban J connectivity index is 1.31. The summed E-state index contributed by atoms with van der Waals surface area (Å²) in [6.07, 6.45) is 4.06. The normalized spacial score (nSPS) is 18.7. The van der Waals surface area contributed by atoms with Crippen molar-refractivity contribution in [3.63, 3.8) is 0 Å². The van der Waals surface area contributed by atoms with Crippen molar-refractivity contribution < 1.29 is 9.53 Å². The van der Waals surface area contributed by atoms with Crippen LogP contribution in [0.1, 0.15) is 24.1 Å². The van der Waals surface area contributed by atoms with E-state index in [4.69, 9.17) is 4.74 Å². The van der Waals surface area contributed by atoms with Crippen LogP contribution in [0.5, 0.6) is 5.75 Å². The molecule has 0 unspecified atom stereocenters. The molecule has 0 spiro atoms. The smallest absolute Gasteiger partial charge is 0.247 e. The molecule has 0 N–H and O–H groups in total. The van der Waals surface area contributed by atoms with Crippen LogP contribution >= 0.6 is 0 Å². The van der Waals surface area contributed by atoms with Crippen molar-refractivity contribution in [1.82, 2.24) is 24.6 Å². The number of rotatable bonds is 4. The van der Waals surface area contributed by atoms with Gasteiger partial charge in [-0.1, -0.05) is 12.1 Å². The van der Waals surface area contributed by atoms with Gasteiger partial charge in [0.2, 0.25) is 5.91 Å². The van der Waals surface area contributed by atoms with E-state index in [-0.39, 0.29) is 11.9 Å². The molecule has 0 bridgehead atoms. The van der Waals surface area contributed by atoms with Crippen molar-refractivity contribution in [2.75, 3.05) is 32.8 Å². The van der Waals surface area contributed by atoms with Crippen LogP contribution in [0, 0.1) is 0 Å². The number of nitrogens with zero attached hydrogens (tertiary/aromatic N) is 5. The van der Waals surface area contributed by atoms with E-state index in [0.29, 0.717) is 0 Å². The Morgan fingerprint density at radius 3 is 2.88 bits per heavy atom. The Kier molecular flexibility index (Phi) is 4.40. The second-order valence-corrected chi connectivity index (χ2v) is 6.69. The quantitative estimate of drug-likeness (QED) is 0.834. The molecule has 0 radical (unpaired) electrons. The summed E-state index contributed by atoms with van der Waals surface area (Å²) in [6.45, 7) is 6.89. The highest BCUT2D eigenvalue weighted by molar-refractivity contribution is 5.80. The third-order valence-electron chi connectivity index (χ3n) is 5.03. The predicted octanol–water partition coefficient (Wildman–Crippen LogP) is 1.12. The summed E-state index contributed by atoms with van der Waals surface area (Å²) in [5, 5.41) is 4.07. The summed E-state index contributed by atoms with van der Waals surface area (Å²) >= 11 is 0. The van der Waals surface area contributed by atoms with Crippen LogP contribution in [0.3, 0.4) is 0 Å². The summed E-state index contributed by atoms with van der Waals surface area (Å²) in [5.41, 5.74) is 2.63. The molecule has 1 atom stereocenters. The zero-order valence-corrected chi connectivity index (χ0v) is 14.5. The van der Waals surface area contributed by atoms with E-state index in [1.165, 1.54) is 17.5 Å². The number of piperazine rings is 1. The third-order valence-corrected chi connectivity index (χ3v) is 5.03. The Bertz CT molecular complexity index is 738. The third kappa shape index (κ3) is 3.37. The fourth-order valence-electron chi connectivity index (χ4n) is 3.52. The van der Waals surface area contributed by atoms with Gasteiger partial charge in [0.15, 0.2) is 0 Å². The lowest BCUT2D eigenvalue weighted by Gasteiger charge is -2.36. The van der Waals surface area contributed by atoms with Gasteiger partial charge in [-0.15, -0.1) is 0 Å². The van der Waals surface area contributed by atoms with E-state index in [1.54, 1.807) is 11.0 Å². The summed E-state index contributed by atoms with van der Waals surface area (Å²) in [5.74, 6) is 1.14. The minimum absolute atomic E-state index is 0.111. The molecule has 1 aromatic carbocycles. The van der Waals surface area contributed by atoms with Crippen LogP contribution in [-0.2, 0) is 17.8 Å². The van der Waals surface area contributed by atoms with E-state index in [2.05, 4.69) is 33.2 Å². The predicted molar refractivity (Wildman–Crippen MR) is 92.2 cm³/mol. The fourth-order valence-corrected chi connectivity index (χ4v) is 3.52. The Morgan fingerprint density at radius 1 is 1.28 bits per heavy atom. The molecular weight excluding hydrogens is 318 g/mol. The molecule has 7 heteroatoms. The van der Waals surface area contributed by atoms with Gasteiger partial charge in [-0.05, 0) is 24.1 Å². The average molecular weight is 341 g/mol. The summed E-state index contributed by atoms with van der Waals surface area (Å²) < 4.78 is 7.18. The molecule has 1 amide bonds. The molecule has 2 aliphatic rings. The molecule has 1 fully saturated rings. The Hall–Kier alpha value is -2.41. The number of aromatic nitrogens is 3. The number of amides is 1. The largest absolute Gasteiger partial charge is 0.493 e. The van der Waals surface area contributed by atoms with E-state index < -0.39 is 0 Å². The van der Waals surface area contributed by atoms with Crippen LogP contribution in [0.25, 0.3) is 0 Å². The molecule has 132 valence electrons. The minimum Gasteiger partial charge on any atom is -0.493 e. The Labute approximate surface area is 147 Å². The lowest BCUT2D eigenvalue weighted by molar-refractivity contribution is -0.136. The first-order valence-corrected chi connectivity index (χ1v) is 8.80. The molecular formula is C18H23N5O2. The first-order valence-electron chi connectivity index (χ1n) is 8.80. The summed E-state index contributed by atoms with van der Waals surface area (Å²) in [7, 11) is 0. The summed E-state index contributed by atoms with van der Waals surface area (Å²) in [6, 6.07) is 6.18. The van der Waals surface area contributed by atoms with Crippen LogP contribution in [0.15, 0.2) is 30.9 Å². The highest BCUT2D eigenvalue weighted by Crippen LogP contribution is 2.26. The molecule has 1 saturated heterocycles. The number of ether oxygens (including phenoxy) is 1. The van der Waals surface area contributed by atoms with Crippen molar-refractivity contribution in [3.05, 3.63) is 42.0 Å². The average Bonchev–Trinajstić information content (AvgIpc) is 3.32. The van der Waals surface area contributed by atoms with Gasteiger partial charge in [-0.3, -0.25) is 9.69 Å². The molecule has 3 heterocycles. The van der Waals surface area contributed by atoms with Gasteiger partial charge in [0.1, 0.15) is 24.4 Å². The van der Waals surface area contributed by atoms with Gasteiger partial charge < -0.3 is 9.64 Å². The van der Waals surface area contributed by atoms with E-state index in [9.17, 15) is 4.79 Å². The van der Waals surface area contributed by atoms with E-state index >= 15 is 0 Å². The van der Waals surface area contributed by atoms with Gasteiger partial charge in [-0.25, -0.2) is 9.67 Å². The maximum atomic E-state index is 12.6. The van der Waals surface area contributed by atoms with Crippen LogP contribution < -0.4 is 4.74 Å². The molecule has 2 aliphatic heterocycles. The van der Waals surface area contributed by atoms with Gasteiger partial charge in [0.25, 0.3) is 0 Å². The minimum atomic E-state index is -0.300. The fraction of sp³-hybridized carbons (Fsp3) is 0.500. The number of carbonyl (C=O) groups is 1. The van der Waals surface area contributed by atoms with Gasteiger partial charge in [-0.2, -0.15) is 5.10 Å². The number of hydrogen-bond donors (Lipinski definition) is 0. The van der Waals surface area contributed by atoms with E-state index in [1.807, 2.05) is 11.8 Å².